The molecule has 18 heavy (non-hydrogen) atoms. The van der Waals surface area contributed by atoms with Gasteiger partial charge in [0.05, 0.1) is 12.8 Å². The van der Waals surface area contributed by atoms with Crippen LogP contribution < -0.4 is 15.0 Å². The van der Waals surface area contributed by atoms with Gasteiger partial charge in [0.1, 0.15) is 17.6 Å². The standard InChI is InChI=1S/C12H17FN2O3/c1-14-9(12(16)17)7-15(2)10-6-8(13)4-5-11(10)18-3/h4-6,9,14H,7H2,1-3H3,(H,16,17). The number of benzene rings is 1. The molecular formula is C12H17FN2O3. The van der Waals surface area contributed by atoms with Crippen molar-refractivity contribution in [3.05, 3.63) is 24.0 Å². The van der Waals surface area contributed by atoms with Gasteiger partial charge >= 0.3 is 5.97 Å². The van der Waals surface area contributed by atoms with Gasteiger partial charge in [-0.1, -0.05) is 0 Å². The molecule has 0 fully saturated rings. The number of hydrogen-bond acceptors (Lipinski definition) is 4. The zero-order valence-corrected chi connectivity index (χ0v) is 10.6. The van der Waals surface area contributed by atoms with Crippen LogP contribution in [0.5, 0.6) is 5.75 Å². The molecule has 0 aliphatic carbocycles. The van der Waals surface area contributed by atoms with E-state index in [2.05, 4.69) is 5.32 Å². The summed E-state index contributed by atoms with van der Waals surface area (Å²) in [5.74, 6) is -0.854. The number of halogens is 1. The van der Waals surface area contributed by atoms with E-state index in [0.717, 1.165) is 0 Å². The highest BCUT2D eigenvalue weighted by Gasteiger charge is 2.19. The number of carboxylic acids is 1. The predicted molar refractivity (Wildman–Crippen MR) is 66.7 cm³/mol. The van der Waals surface area contributed by atoms with Crippen LogP contribution in [-0.2, 0) is 4.79 Å². The van der Waals surface area contributed by atoms with Crippen LogP contribution in [0.2, 0.25) is 0 Å². The molecule has 0 saturated heterocycles. The van der Waals surface area contributed by atoms with E-state index in [9.17, 15) is 9.18 Å². The topological polar surface area (TPSA) is 61.8 Å². The maximum atomic E-state index is 13.2. The highest BCUT2D eigenvalue weighted by atomic mass is 19.1. The number of nitrogens with zero attached hydrogens (tertiary/aromatic N) is 1. The monoisotopic (exact) mass is 256 g/mol. The third-order valence-electron chi connectivity index (χ3n) is 2.66. The number of nitrogens with one attached hydrogen (secondary N) is 1. The molecule has 6 heteroatoms. The zero-order valence-electron chi connectivity index (χ0n) is 10.6. The molecule has 0 radical (unpaired) electrons. The van der Waals surface area contributed by atoms with Gasteiger partial charge in [0.2, 0.25) is 0 Å². The summed E-state index contributed by atoms with van der Waals surface area (Å²) in [5.41, 5.74) is 0.513. The summed E-state index contributed by atoms with van der Waals surface area (Å²) in [6.45, 7) is 0.200. The first kappa shape index (κ1) is 14.2. The van der Waals surface area contributed by atoms with Crippen LogP contribution in [0.1, 0.15) is 0 Å². The lowest BCUT2D eigenvalue weighted by Crippen LogP contribution is -2.43. The van der Waals surface area contributed by atoms with Crippen LogP contribution in [0.4, 0.5) is 10.1 Å². The van der Waals surface area contributed by atoms with E-state index < -0.39 is 17.8 Å². The van der Waals surface area contributed by atoms with Crippen LogP contribution in [-0.4, -0.2) is 44.9 Å². The molecule has 1 aromatic rings. The predicted octanol–water partition coefficient (Wildman–Crippen LogP) is 0.943. The second kappa shape index (κ2) is 6.20. The number of methoxy groups -OCH3 is 1. The number of anilines is 1. The van der Waals surface area contributed by atoms with Crippen molar-refractivity contribution in [3.8, 4) is 5.75 Å². The molecule has 0 aliphatic heterocycles. The Hall–Kier alpha value is -1.82. The maximum absolute atomic E-state index is 13.2. The number of hydrogen-bond donors (Lipinski definition) is 2. The van der Waals surface area contributed by atoms with Gasteiger partial charge in [0.25, 0.3) is 0 Å². The average Bonchev–Trinajstić information content (AvgIpc) is 2.35. The number of carbonyl (C=O) groups is 1. The number of aliphatic carboxylic acids is 1. The zero-order chi connectivity index (χ0) is 13.7. The Bertz CT molecular complexity index is 426. The van der Waals surface area contributed by atoms with Crippen molar-refractivity contribution < 1.29 is 19.0 Å². The molecule has 0 heterocycles. The van der Waals surface area contributed by atoms with Crippen molar-refractivity contribution >= 4 is 11.7 Å². The second-order valence-electron chi connectivity index (χ2n) is 3.88. The lowest BCUT2D eigenvalue weighted by molar-refractivity contribution is -0.139. The van der Waals surface area contributed by atoms with Gasteiger partial charge in [-0.05, 0) is 19.2 Å². The van der Waals surface area contributed by atoms with E-state index in [1.54, 1.807) is 19.0 Å². The molecule has 0 spiro atoms. The van der Waals surface area contributed by atoms with Crippen LogP contribution in [0.25, 0.3) is 0 Å². The minimum Gasteiger partial charge on any atom is -0.495 e. The van der Waals surface area contributed by atoms with E-state index in [1.165, 1.54) is 25.3 Å². The van der Waals surface area contributed by atoms with Gasteiger partial charge in [-0.3, -0.25) is 4.79 Å². The molecule has 0 saturated carbocycles. The van der Waals surface area contributed by atoms with Gasteiger partial charge in [-0.25, -0.2) is 4.39 Å². The Kier molecular flexibility index (Phi) is 4.91. The number of rotatable bonds is 6. The summed E-state index contributed by atoms with van der Waals surface area (Å²) in [6, 6.07) is 3.38. The van der Waals surface area contributed by atoms with E-state index >= 15 is 0 Å². The summed E-state index contributed by atoms with van der Waals surface area (Å²) in [4.78, 5) is 12.6. The fourth-order valence-corrected chi connectivity index (χ4v) is 1.63. The van der Waals surface area contributed by atoms with Gasteiger partial charge in [0.15, 0.2) is 0 Å². The van der Waals surface area contributed by atoms with Crippen LogP contribution in [0.3, 0.4) is 0 Å². The van der Waals surface area contributed by atoms with Gasteiger partial charge in [-0.2, -0.15) is 0 Å². The summed E-state index contributed by atoms with van der Waals surface area (Å²) in [6.07, 6.45) is 0. The molecule has 0 amide bonds. The molecule has 1 aromatic carbocycles. The first-order valence-corrected chi connectivity index (χ1v) is 5.44. The Morgan fingerprint density at radius 3 is 2.78 bits per heavy atom. The Labute approximate surface area is 105 Å². The van der Waals surface area contributed by atoms with Crippen molar-refractivity contribution in [2.45, 2.75) is 6.04 Å². The van der Waals surface area contributed by atoms with E-state index in [4.69, 9.17) is 9.84 Å². The molecule has 1 unspecified atom stereocenters. The summed E-state index contributed by atoms with van der Waals surface area (Å²) in [7, 11) is 4.73. The SMILES string of the molecule is CNC(CN(C)c1cc(F)ccc1OC)C(=O)O. The van der Waals surface area contributed by atoms with Crippen molar-refractivity contribution in [3.63, 3.8) is 0 Å². The Morgan fingerprint density at radius 2 is 2.28 bits per heavy atom. The van der Waals surface area contributed by atoms with Crippen LogP contribution in [0.15, 0.2) is 18.2 Å². The van der Waals surface area contributed by atoms with Gasteiger partial charge in [-0.15, -0.1) is 0 Å². The Balaban J connectivity index is 2.92. The average molecular weight is 256 g/mol. The summed E-state index contributed by atoms with van der Waals surface area (Å²) >= 11 is 0. The van der Waals surface area contributed by atoms with Crippen LogP contribution in [0, 0.1) is 5.82 Å². The third-order valence-corrected chi connectivity index (χ3v) is 2.66. The lowest BCUT2D eigenvalue weighted by atomic mass is 10.2. The Morgan fingerprint density at radius 1 is 1.61 bits per heavy atom. The first-order valence-electron chi connectivity index (χ1n) is 5.44. The van der Waals surface area contributed by atoms with Crippen molar-refractivity contribution in [2.75, 3.05) is 32.6 Å². The quantitative estimate of drug-likeness (QED) is 0.793. The minimum atomic E-state index is -0.959. The maximum Gasteiger partial charge on any atom is 0.322 e. The lowest BCUT2D eigenvalue weighted by Gasteiger charge is -2.24. The van der Waals surface area contributed by atoms with E-state index in [-0.39, 0.29) is 6.54 Å². The second-order valence-corrected chi connectivity index (χ2v) is 3.88. The molecular weight excluding hydrogens is 239 g/mol. The molecule has 100 valence electrons. The molecule has 0 bridgehead atoms. The molecule has 0 aromatic heterocycles. The van der Waals surface area contributed by atoms with Gasteiger partial charge < -0.3 is 20.1 Å². The van der Waals surface area contributed by atoms with Crippen LogP contribution >= 0.6 is 0 Å². The molecule has 5 nitrogen and oxygen atoms in total. The third kappa shape index (κ3) is 3.33. The highest BCUT2D eigenvalue weighted by molar-refractivity contribution is 5.74. The minimum absolute atomic E-state index is 0.200. The summed E-state index contributed by atoms with van der Waals surface area (Å²) in [5, 5.41) is 11.6. The smallest absolute Gasteiger partial charge is 0.322 e. The van der Waals surface area contributed by atoms with E-state index in [1.807, 2.05) is 0 Å². The van der Waals surface area contributed by atoms with Gasteiger partial charge in [0, 0.05) is 19.7 Å². The molecule has 0 aliphatic rings. The molecule has 1 rings (SSSR count). The van der Waals surface area contributed by atoms with Crippen molar-refractivity contribution in [1.29, 1.82) is 0 Å². The van der Waals surface area contributed by atoms with Crippen molar-refractivity contribution in [1.82, 2.24) is 5.32 Å². The number of likely N-dealkylation sites (N-methyl/N-ethyl adjacent to an activating group) is 2. The number of carboxylic acid groups (broad SMARTS) is 1. The number of ether oxygens (including phenoxy) is 1. The molecule has 1 atom stereocenters. The first-order chi connectivity index (χ1) is 8.49. The normalized spacial score (nSPS) is 12.0. The van der Waals surface area contributed by atoms with E-state index in [0.29, 0.717) is 11.4 Å². The highest BCUT2D eigenvalue weighted by Crippen LogP contribution is 2.28. The fourth-order valence-electron chi connectivity index (χ4n) is 1.63. The fraction of sp³-hybridized carbons (Fsp3) is 0.417. The largest absolute Gasteiger partial charge is 0.495 e. The molecule has 2 N–H and O–H groups in total. The summed E-state index contributed by atoms with van der Waals surface area (Å²) < 4.78 is 18.3. The van der Waals surface area contributed by atoms with Crippen molar-refractivity contribution in [2.24, 2.45) is 0 Å².